The number of esters is 1. The van der Waals surface area contributed by atoms with E-state index in [1.807, 2.05) is 6.92 Å². The monoisotopic (exact) mass is 336 g/mol. The second kappa shape index (κ2) is 5.73. The first-order valence-corrected chi connectivity index (χ1v) is 7.77. The van der Waals surface area contributed by atoms with Crippen molar-refractivity contribution < 1.29 is 18.3 Å². The molecule has 2 aromatic heterocycles. The second-order valence-electron chi connectivity index (χ2n) is 5.25. The molecule has 0 bridgehead atoms. The van der Waals surface area contributed by atoms with Crippen LogP contribution >= 0.6 is 11.3 Å². The van der Waals surface area contributed by atoms with Crippen molar-refractivity contribution in [2.45, 2.75) is 20.0 Å². The smallest absolute Gasteiger partial charge is 0.349 e. The Labute approximate surface area is 135 Å². The Morgan fingerprint density at radius 1 is 1.35 bits per heavy atom. The average molecular weight is 336 g/mol. The molecule has 0 aliphatic rings. The van der Waals surface area contributed by atoms with Crippen LogP contribution in [0, 0.1) is 18.6 Å². The summed E-state index contributed by atoms with van der Waals surface area (Å²) >= 11 is 1.26. The van der Waals surface area contributed by atoms with Crippen LogP contribution in [0.2, 0.25) is 0 Å². The summed E-state index contributed by atoms with van der Waals surface area (Å²) in [5.41, 5.74) is 0.833. The third-order valence-electron chi connectivity index (χ3n) is 3.58. The van der Waals surface area contributed by atoms with Crippen molar-refractivity contribution in [1.29, 1.82) is 0 Å². The first-order chi connectivity index (χ1) is 10.9. The van der Waals surface area contributed by atoms with Gasteiger partial charge in [-0.15, -0.1) is 11.3 Å². The summed E-state index contributed by atoms with van der Waals surface area (Å²) in [6.45, 7) is 3.37. The fraction of sp³-hybridized carbons (Fsp3) is 0.250. The molecule has 3 rings (SSSR count). The van der Waals surface area contributed by atoms with Gasteiger partial charge >= 0.3 is 5.97 Å². The number of thiophene rings is 1. The third-order valence-corrected chi connectivity index (χ3v) is 4.76. The van der Waals surface area contributed by atoms with Crippen molar-refractivity contribution in [2.24, 2.45) is 7.05 Å². The minimum atomic E-state index is -0.886. The van der Waals surface area contributed by atoms with Gasteiger partial charge in [-0.3, -0.25) is 4.68 Å². The molecule has 0 aliphatic carbocycles. The highest BCUT2D eigenvalue weighted by Gasteiger charge is 2.21. The van der Waals surface area contributed by atoms with Gasteiger partial charge in [0.05, 0.1) is 5.69 Å². The van der Waals surface area contributed by atoms with Crippen molar-refractivity contribution in [2.75, 3.05) is 0 Å². The Morgan fingerprint density at radius 2 is 2.09 bits per heavy atom. The maximum atomic E-state index is 13.7. The lowest BCUT2D eigenvalue weighted by atomic mass is 10.1. The lowest BCUT2D eigenvalue weighted by Crippen LogP contribution is -2.09. The summed E-state index contributed by atoms with van der Waals surface area (Å²) in [4.78, 5) is 13.5. The minimum absolute atomic E-state index is 0.0114. The number of fused-ring (bicyclic) bond motifs is 1. The molecular weight excluding hydrogens is 322 g/mol. The summed E-state index contributed by atoms with van der Waals surface area (Å²) in [7, 11) is 1.80. The molecule has 0 aliphatic heterocycles. The zero-order chi connectivity index (χ0) is 16.7. The molecule has 1 unspecified atom stereocenters. The number of rotatable bonds is 3. The van der Waals surface area contributed by atoms with Crippen LogP contribution in [0.4, 0.5) is 8.78 Å². The van der Waals surface area contributed by atoms with E-state index < -0.39 is 23.7 Å². The molecule has 120 valence electrons. The largest absolute Gasteiger partial charge is 0.453 e. The van der Waals surface area contributed by atoms with E-state index in [9.17, 15) is 13.6 Å². The van der Waals surface area contributed by atoms with Gasteiger partial charge in [0.15, 0.2) is 0 Å². The SMILES string of the molecule is Cc1nn(C)c2sc(C(=O)OC(C)c3cc(F)ccc3F)cc12. The van der Waals surface area contributed by atoms with Crippen LogP contribution in [0.25, 0.3) is 10.2 Å². The Kier molecular flexibility index (Phi) is 3.89. The molecule has 2 heterocycles. The molecule has 0 saturated heterocycles. The third kappa shape index (κ3) is 2.84. The zero-order valence-corrected chi connectivity index (χ0v) is 13.6. The number of carbonyl (C=O) groups excluding carboxylic acids is 1. The highest BCUT2D eigenvalue weighted by atomic mass is 32.1. The zero-order valence-electron chi connectivity index (χ0n) is 12.8. The quantitative estimate of drug-likeness (QED) is 0.675. The summed E-state index contributed by atoms with van der Waals surface area (Å²) in [5, 5.41) is 5.15. The number of ether oxygens (including phenoxy) is 1. The number of benzene rings is 1. The van der Waals surface area contributed by atoms with E-state index in [0.717, 1.165) is 34.1 Å². The lowest BCUT2D eigenvalue weighted by Gasteiger charge is -2.13. The van der Waals surface area contributed by atoms with Crippen molar-refractivity contribution >= 4 is 27.5 Å². The Hall–Kier alpha value is -2.28. The van der Waals surface area contributed by atoms with Gasteiger partial charge < -0.3 is 4.74 Å². The summed E-state index contributed by atoms with van der Waals surface area (Å²) in [6, 6.07) is 4.78. The van der Waals surface area contributed by atoms with E-state index in [2.05, 4.69) is 5.10 Å². The van der Waals surface area contributed by atoms with E-state index in [0.29, 0.717) is 4.88 Å². The average Bonchev–Trinajstić information content (AvgIpc) is 3.04. The molecule has 23 heavy (non-hydrogen) atoms. The molecule has 0 amide bonds. The molecule has 7 heteroatoms. The molecule has 0 spiro atoms. The minimum Gasteiger partial charge on any atom is -0.453 e. The van der Waals surface area contributed by atoms with Crippen LogP contribution in [-0.4, -0.2) is 15.7 Å². The molecular formula is C16H14F2N2O2S. The van der Waals surface area contributed by atoms with Gasteiger partial charge in [0.25, 0.3) is 0 Å². The predicted molar refractivity (Wildman–Crippen MR) is 83.5 cm³/mol. The van der Waals surface area contributed by atoms with E-state index >= 15 is 0 Å². The van der Waals surface area contributed by atoms with Crippen LogP contribution in [-0.2, 0) is 11.8 Å². The van der Waals surface area contributed by atoms with Crippen molar-refractivity contribution in [3.63, 3.8) is 0 Å². The van der Waals surface area contributed by atoms with E-state index in [-0.39, 0.29) is 5.56 Å². The Morgan fingerprint density at radius 3 is 2.78 bits per heavy atom. The Bertz CT molecular complexity index is 867. The predicted octanol–water partition coefficient (Wildman–Crippen LogP) is 4.14. The first-order valence-electron chi connectivity index (χ1n) is 6.96. The molecule has 0 radical (unpaired) electrons. The number of hydrogen-bond donors (Lipinski definition) is 0. The van der Waals surface area contributed by atoms with E-state index in [1.165, 1.54) is 18.3 Å². The number of hydrogen-bond acceptors (Lipinski definition) is 4. The van der Waals surface area contributed by atoms with Gasteiger partial charge in [0.2, 0.25) is 0 Å². The van der Waals surface area contributed by atoms with Gasteiger partial charge in [-0.25, -0.2) is 13.6 Å². The molecule has 1 atom stereocenters. The number of nitrogens with zero attached hydrogens (tertiary/aromatic N) is 2. The van der Waals surface area contributed by atoms with Gasteiger partial charge in [0, 0.05) is 18.0 Å². The lowest BCUT2D eigenvalue weighted by molar-refractivity contribution is 0.0336. The van der Waals surface area contributed by atoms with Gasteiger partial charge in [-0.05, 0) is 38.1 Å². The van der Waals surface area contributed by atoms with Crippen LogP contribution in [0.5, 0.6) is 0 Å². The number of carbonyl (C=O) groups is 1. The van der Waals surface area contributed by atoms with Crippen molar-refractivity contribution in [3.05, 3.63) is 52.0 Å². The maximum Gasteiger partial charge on any atom is 0.349 e. The van der Waals surface area contributed by atoms with Crippen LogP contribution in [0.15, 0.2) is 24.3 Å². The van der Waals surface area contributed by atoms with Crippen LogP contribution in [0.3, 0.4) is 0 Å². The molecule has 0 saturated carbocycles. The number of aromatic nitrogens is 2. The molecule has 0 N–H and O–H groups in total. The normalized spacial score (nSPS) is 12.6. The molecule has 4 nitrogen and oxygen atoms in total. The highest BCUT2D eigenvalue weighted by molar-refractivity contribution is 7.20. The van der Waals surface area contributed by atoms with Crippen LogP contribution < -0.4 is 0 Å². The van der Waals surface area contributed by atoms with Gasteiger partial charge in [-0.1, -0.05) is 0 Å². The molecule has 1 aromatic carbocycles. The second-order valence-corrected chi connectivity index (χ2v) is 6.28. The topological polar surface area (TPSA) is 44.1 Å². The van der Waals surface area contributed by atoms with Crippen LogP contribution in [0.1, 0.15) is 34.0 Å². The maximum absolute atomic E-state index is 13.7. The molecule has 0 fully saturated rings. The van der Waals surface area contributed by atoms with Gasteiger partial charge in [-0.2, -0.15) is 5.10 Å². The fourth-order valence-corrected chi connectivity index (χ4v) is 3.42. The number of aryl methyl sites for hydroxylation is 2. The fourth-order valence-electron chi connectivity index (χ4n) is 2.41. The Balaban J connectivity index is 1.85. The highest BCUT2D eigenvalue weighted by Crippen LogP contribution is 2.30. The van der Waals surface area contributed by atoms with Crippen molar-refractivity contribution in [1.82, 2.24) is 9.78 Å². The van der Waals surface area contributed by atoms with Gasteiger partial charge in [0.1, 0.15) is 27.4 Å². The summed E-state index contributed by atoms with van der Waals surface area (Å²) in [6.07, 6.45) is -0.886. The molecule has 3 aromatic rings. The summed E-state index contributed by atoms with van der Waals surface area (Å²) in [5.74, 6) is -1.75. The number of halogens is 2. The van der Waals surface area contributed by atoms with Crippen molar-refractivity contribution in [3.8, 4) is 0 Å². The first kappa shape index (κ1) is 15.6. The summed E-state index contributed by atoms with van der Waals surface area (Å²) < 4.78 is 33.9. The van der Waals surface area contributed by atoms with E-state index in [4.69, 9.17) is 4.74 Å². The standard InChI is InChI=1S/C16H14F2N2O2S/c1-8-11-7-14(23-15(11)20(3)19-8)16(21)22-9(2)12-6-10(17)4-5-13(12)18/h4-7,9H,1-3H3. The van der Waals surface area contributed by atoms with E-state index in [1.54, 1.807) is 17.8 Å².